The predicted octanol–water partition coefficient (Wildman–Crippen LogP) is 5.82. The van der Waals surface area contributed by atoms with Crippen LogP contribution in [0.3, 0.4) is 0 Å². The molecule has 0 saturated heterocycles. The third-order valence-corrected chi connectivity index (χ3v) is 4.64. The second kappa shape index (κ2) is 9.02. The monoisotopic (exact) mass is 315 g/mol. The lowest BCUT2D eigenvalue weighted by Crippen LogP contribution is -2.02. The molecule has 122 valence electrons. The number of hydrogen-bond acceptors (Lipinski definition) is 1. The van der Waals surface area contributed by atoms with Gasteiger partial charge < -0.3 is 0 Å². The maximum atomic E-state index is 4.22. The van der Waals surface area contributed by atoms with Crippen molar-refractivity contribution < 1.29 is 0 Å². The van der Waals surface area contributed by atoms with E-state index in [0.717, 1.165) is 12.8 Å². The van der Waals surface area contributed by atoms with Gasteiger partial charge in [-0.2, -0.15) is 0 Å². The van der Waals surface area contributed by atoms with Gasteiger partial charge in [-0.05, 0) is 60.8 Å². The van der Waals surface area contributed by atoms with Gasteiger partial charge in [-0.3, -0.25) is 4.98 Å². The van der Waals surface area contributed by atoms with Crippen LogP contribution in [0.25, 0.3) is 0 Å². The molecule has 0 amide bonds. The molecule has 0 N–H and O–H groups in total. The third-order valence-electron chi connectivity index (χ3n) is 4.64. The van der Waals surface area contributed by atoms with Crippen molar-refractivity contribution >= 4 is 0 Å². The average Bonchev–Trinajstić information content (AvgIpc) is 2.67. The summed E-state index contributed by atoms with van der Waals surface area (Å²) in [4.78, 5) is 4.22. The van der Waals surface area contributed by atoms with Crippen LogP contribution < -0.4 is 0 Å². The first-order valence-electron chi connectivity index (χ1n) is 8.89. The highest BCUT2D eigenvalue weighted by atomic mass is 14.6. The van der Waals surface area contributed by atoms with Crippen molar-refractivity contribution in [3.05, 3.63) is 102 Å². The molecule has 1 unspecified atom stereocenters. The first-order chi connectivity index (χ1) is 11.9. The van der Waals surface area contributed by atoms with E-state index in [-0.39, 0.29) is 0 Å². The van der Waals surface area contributed by atoms with E-state index >= 15 is 0 Å². The number of pyridine rings is 1. The molecule has 0 bridgehead atoms. The van der Waals surface area contributed by atoms with E-state index in [1.165, 1.54) is 36.0 Å². The number of hydrogen-bond donors (Lipinski definition) is 0. The maximum Gasteiger partial charge on any atom is 0.0299 e. The Bertz CT molecular complexity index is 692. The van der Waals surface area contributed by atoms with E-state index in [4.69, 9.17) is 0 Å². The predicted molar refractivity (Wildman–Crippen MR) is 101 cm³/mol. The molecular formula is C23H25N. The zero-order valence-corrected chi connectivity index (χ0v) is 14.1. The number of aromatic nitrogens is 1. The van der Waals surface area contributed by atoms with Gasteiger partial charge in [0.05, 0.1) is 0 Å². The summed E-state index contributed by atoms with van der Waals surface area (Å²) in [7, 11) is 0. The number of benzene rings is 2. The Morgan fingerprint density at radius 3 is 2.08 bits per heavy atom. The molecule has 1 atom stereocenters. The van der Waals surface area contributed by atoms with Gasteiger partial charge in [-0.1, -0.05) is 66.7 Å². The van der Waals surface area contributed by atoms with E-state index in [2.05, 4.69) is 71.7 Å². The van der Waals surface area contributed by atoms with Gasteiger partial charge in [0.15, 0.2) is 0 Å². The van der Waals surface area contributed by atoms with Crippen LogP contribution in [0.4, 0.5) is 0 Å². The van der Waals surface area contributed by atoms with Gasteiger partial charge in [-0.25, -0.2) is 0 Å². The van der Waals surface area contributed by atoms with Crippen LogP contribution in [0.1, 0.15) is 41.9 Å². The summed E-state index contributed by atoms with van der Waals surface area (Å²) in [6, 6.07) is 26.0. The Hall–Kier alpha value is -2.41. The molecule has 0 fully saturated rings. The SMILES string of the molecule is c1ccc(CCC(CCCc2cccnc2)c2ccccc2)cc1. The molecule has 0 aliphatic heterocycles. The van der Waals surface area contributed by atoms with Crippen molar-refractivity contribution in [3.8, 4) is 0 Å². The minimum Gasteiger partial charge on any atom is -0.264 e. The standard InChI is InChI=1S/C23H25N/c1-3-9-20(10-4-1)16-17-23(22-13-5-2-6-14-22)15-7-11-21-12-8-18-24-19-21/h1-6,8-10,12-14,18-19,23H,7,11,15-17H2. The Morgan fingerprint density at radius 1 is 0.667 bits per heavy atom. The van der Waals surface area contributed by atoms with Crippen molar-refractivity contribution in [3.63, 3.8) is 0 Å². The molecule has 1 heterocycles. The summed E-state index contributed by atoms with van der Waals surface area (Å²) >= 11 is 0. The molecule has 0 radical (unpaired) electrons. The van der Waals surface area contributed by atoms with Crippen LogP contribution in [-0.4, -0.2) is 4.98 Å². The van der Waals surface area contributed by atoms with E-state index in [9.17, 15) is 0 Å². The van der Waals surface area contributed by atoms with Gasteiger partial charge >= 0.3 is 0 Å². The number of rotatable bonds is 8. The van der Waals surface area contributed by atoms with Crippen LogP contribution in [0.5, 0.6) is 0 Å². The van der Waals surface area contributed by atoms with Gasteiger partial charge in [0, 0.05) is 12.4 Å². The molecule has 0 aliphatic carbocycles. The van der Waals surface area contributed by atoms with Crippen LogP contribution in [0, 0.1) is 0 Å². The summed E-state index contributed by atoms with van der Waals surface area (Å²) in [6.45, 7) is 0. The summed E-state index contributed by atoms with van der Waals surface area (Å²) in [5.74, 6) is 0.628. The lowest BCUT2D eigenvalue weighted by atomic mass is 9.87. The lowest BCUT2D eigenvalue weighted by molar-refractivity contribution is 0.552. The Labute approximate surface area is 145 Å². The molecule has 3 rings (SSSR count). The second-order valence-corrected chi connectivity index (χ2v) is 6.39. The van der Waals surface area contributed by atoms with Crippen LogP contribution in [0.15, 0.2) is 85.2 Å². The average molecular weight is 315 g/mol. The fourth-order valence-corrected chi connectivity index (χ4v) is 3.29. The Balaban J connectivity index is 1.59. The van der Waals surface area contributed by atoms with Crippen molar-refractivity contribution in [1.82, 2.24) is 4.98 Å². The van der Waals surface area contributed by atoms with Crippen LogP contribution >= 0.6 is 0 Å². The molecule has 0 saturated carbocycles. The lowest BCUT2D eigenvalue weighted by Gasteiger charge is -2.17. The summed E-state index contributed by atoms with van der Waals surface area (Å²) < 4.78 is 0. The smallest absolute Gasteiger partial charge is 0.0299 e. The molecule has 3 aromatic rings. The quantitative estimate of drug-likeness (QED) is 0.510. The highest BCUT2D eigenvalue weighted by molar-refractivity contribution is 5.21. The van der Waals surface area contributed by atoms with Gasteiger partial charge in [0.2, 0.25) is 0 Å². The maximum absolute atomic E-state index is 4.22. The van der Waals surface area contributed by atoms with Gasteiger partial charge in [-0.15, -0.1) is 0 Å². The molecule has 0 spiro atoms. The highest BCUT2D eigenvalue weighted by Crippen LogP contribution is 2.27. The van der Waals surface area contributed by atoms with Crippen LogP contribution in [0.2, 0.25) is 0 Å². The molecule has 1 heteroatoms. The van der Waals surface area contributed by atoms with Crippen molar-refractivity contribution in [2.45, 2.75) is 38.0 Å². The highest BCUT2D eigenvalue weighted by Gasteiger charge is 2.11. The fourth-order valence-electron chi connectivity index (χ4n) is 3.29. The summed E-state index contributed by atoms with van der Waals surface area (Å²) in [6.07, 6.45) is 9.74. The van der Waals surface area contributed by atoms with Gasteiger partial charge in [0.25, 0.3) is 0 Å². The van der Waals surface area contributed by atoms with E-state index < -0.39 is 0 Å². The minimum atomic E-state index is 0.628. The first kappa shape index (κ1) is 16.4. The minimum absolute atomic E-state index is 0.628. The molecule has 1 nitrogen and oxygen atoms in total. The Morgan fingerprint density at radius 2 is 1.38 bits per heavy atom. The van der Waals surface area contributed by atoms with Crippen LogP contribution in [-0.2, 0) is 12.8 Å². The molecule has 0 aliphatic rings. The van der Waals surface area contributed by atoms with E-state index in [1.807, 2.05) is 18.5 Å². The molecule has 24 heavy (non-hydrogen) atoms. The normalized spacial score (nSPS) is 12.0. The van der Waals surface area contributed by atoms with Gasteiger partial charge in [0.1, 0.15) is 0 Å². The zero-order chi connectivity index (χ0) is 16.5. The molecule has 1 aromatic heterocycles. The topological polar surface area (TPSA) is 12.9 Å². The van der Waals surface area contributed by atoms with Crippen molar-refractivity contribution in [1.29, 1.82) is 0 Å². The fraction of sp³-hybridized carbons (Fsp3) is 0.261. The zero-order valence-electron chi connectivity index (χ0n) is 14.1. The van der Waals surface area contributed by atoms with Crippen molar-refractivity contribution in [2.75, 3.05) is 0 Å². The number of aryl methyl sites for hydroxylation is 2. The first-order valence-corrected chi connectivity index (χ1v) is 8.89. The van der Waals surface area contributed by atoms with E-state index in [1.54, 1.807) is 0 Å². The van der Waals surface area contributed by atoms with Crippen molar-refractivity contribution in [2.24, 2.45) is 0 Å². The second-order valence-electron chi connectivity index (χ2n) is 6.39. The molecule has 2 aromatic carbocycles. The summed E-state index contributed by atoms with van der Waals surface area (Å²) in [5.41, 5.74) is 4.25. The largest absolute Gasteiger partial charge is 0.264 e. The third kappa shape index (κ3) is 5.06. The summed E-state index contributed by atoms with van der Waals surface area (Å²) in [5, 5.41) is 0. The molecular weight excluding hydrogens is 290 g/mol. The number of nitrogens with zero attached hydrogens (tertiary/aromatic N) is 1. The Kier molecular flexibility index (Phi) is 6.18. The van der Waals surface area contributed by atoms with E-state index in [0.29, 0.717) is 5.92 Å².